The predicted molar refractivity (Wildman–Crippen MR) is 93.3 cm³/mol. The van der Waals surface area contributed by atoms with Crippen LogP contribution in [0, 0.1) is 0 Å². The van der Waals surface area contributed by atoms with Crippen molar-refractivity contribution in [2.45, 2.75) is 29.9 Å². The van der Waals surface area contributed by atoms with Gasteiger partial charge in [0.1, 0.15) is 11.9 Å². The summed E-state index contributed by atoms with van der Waals surface area (Å²) in [5.41, 5.74) is 1.64. The van der Waals surface area contributed by atoms with Gasteiger partial charge in [0.05, 0.1) is 11.0 Å². The standard InChI is InChI=1S/C18H21NO5S/c20-17(13-4-2-1-3-5-13)12-19-11-15-7-6-14-10-16(25(21,22)23)8-9-18(14)24-15/h1-5,8-10,15,17,19-20H,6-7,11-12H2,(H,21,22,23)/t15?,17-/m0/s1. The quantitative estimate of drug-likeness (QED) is 0.679. The molecule has 0 aliphatic carbocycles. The van der Waals surface area contributed by atoms with E-state index in [-0.39, 0.29) is 11.0 Å². The second-order valence-electron chi connectivity index (χ2n) is 6.11. The van der Waals surface area contributed by atoms with Gasteiger partial charge in [-0.1, -0.05) is 30.3 Å². The molecule has 0 saturated heterocycles. The van der Waals surface area contributed by atoms with E-state index in [2.05, 4.69) is 5.32 Å². The maximum absolute atomic E-state index is 11.2. The van der Waals surface area contributed by atoms with E-state index in [9.17, 15) is 13.5 Å². The monoisotopic (exact) mass is 363 g/mol. The van der Waals surface area contributed by atoms with Crippen molar-refractivity contribution in [3.63, 3.8) is 0 Å². The van der Waals surface area contributed by atoms with Crippen LogP contribution in [0.25, 0.3) is 0 Å². The van der Waals surface area contributed by atoms with Gasteiger partial charge in [-0.05, 0) is 42.2 Å². The summed E-state index contributed by atoms with van der Waals surface area (Å²) >= 11 is 0. The number of aliphatic hydroxyl groups is 1. The molecular formula is C18H21NO5S. The fourth-order valence-electron chi connectivity index (χ4n) is 2.90. The average molecular weight is 363 g/mol. The molecule has 7 heteroatoms. The second-order valence-corrected chi connectivity index (χ2v) is 7.53. The van der Waals surface area contributed by atoms with E-state index in [1.807, 2.05) is 30.3 Å². The highest BCUT2D eigenvalue weighted by Crippen LogP contribution is 2.29. The lowest BCUT2D eigenvalue weighted by molar-refractivity contribution is 0.146. The molecule has 0 spiro atoms. The highest BCUT2D eigenvalue weighted by Gasteiger charge is 2.22. The van der Waals surface area contributed by atoms with E-state index < -0.39 is 16.2 Å². The minimum atomic E-state index is -4.20. The summed E-state index contributed by atoms with van der Waals surface area (Å²) in [6.07, 6.45) is 0.782. The molecule has 0 fully saturated rings. The van der Waals surface area contributed by atoms with Crippen molar-refractivity contribution in [3.8, 4) is 5.75 Å². The molecule has 25 heavy (non-hydrogen) atoms. The Morgan fingerprint density at radius 1 is 1.20 bits per heavy atom. The molecule has 1 aliphatic heterocycles. The lowest BCUT2D eigenvalue weighted by atomic mass is 10.0. The van der Waals surface area contributed by atoms with Gasteiger partial charge in [-0.15, -0.1) is 0 Å². The van der Waals surface area contributed by atoms with Crippen LogP contribution in [0.5, 0.6) is 5.75 Å². The number of aliphatic hydroxyl groups excluding tert-OH is 1. The number of nitrogens with one attached hydrogen (secondary N) is 1. The third kappa shape index (κ3) is 4.58. The number of rotatable bonds is 6. The van der Waals surface area contributed by atoms with Crippen LogP contribution in [-0.2, 0) is 16.5 Å². The molecule has 0 aromatic heterocycles. The molecule has 2 aromatic carbocycles. The largest absolute Gasteiger partial charge is 0.489 e. The van der Waals surface area contributed by atoms with E-state index in [0.717, 1.165) is 17.5 Å². The van der Waals surface area contributed by atoms with Crippen molar-refractivity contribution in [2.24, 2.45) is 0 Å². The van der Waals surface area contributed by atoms with Gasteiger partial charge < -0.3 is 15.2 Å². The van der Waals surface area contributed by atoms with E-state index in [1.54, 1.807) is 6.07 Å². The van der Waals surface area contributed by atoms with Crippen LogP contribution in [0.2, 0.25) is 0 Å². The molecule has 0 amide bonds. The second kappa shape index (κ2) is 7.53. The van der Waals surface area contributed by atoms with Crippen molar-refractivity contribution in [3.05, 3.63) is 59.7 Å². The van der Waals surface area contributed by atoms with Crippen LogP contribution in [0.1, 0.15) is 23.7 Å². The summed E-state index contributed by atoms with van der Waals surface area (Å²) in [6, 6.07) is 13.8. The van der Waals surface area contributed by atoms with E-state index >= 15 is 0 Å². The fraction of sp³-hybridized carbons (Fsp3) is 0.333. The van der Waals surface area contributed by atoms with E-state index in [4.69, 9.17) is 9.29 Å². The first-order chi connectivity index (χ1) is 11.9. The topological polar surface area (TPSA) is 95.9 Å². The maximum Gasteiger partial charge on any atom is 0.294 e. The number of hydrogen-bond donors (Lipinski definition) is 3. The van der Waals surface area contributed by atoms with Gasteiger partial charge in [0.2, 0.25) is 0 Å². The van der Waals surface area contributed by atoms with Crippen LogP contribution in [-0.4, -0.2) is 37.3 Å². The van der Waals surface area contributed by atoms with Crippen LogP contribution in [0.3, 0.4) is 0 Å². The Kier molecular flexibility index (Phi) is 5.39. The average Bonchev–Trinajstić information content (AvgIpc) is 2.61. The highest BCUT2D eigenvalue weighted by atomic mass is 32.2. The summed E-state index contributed by atoms with van der Waals surface area (Å²) < 4.78 is 37.3. The zero-order valence-corrected chi connectivity index (χ0v) is 14.4. The zero-order chi connectivity index (χ0) is 17.9. The summed E-state index contributed by atoms with van der Waals surface area (Å²) in [5.74, 6) is 0.633. The van der Waals surface area contributed by atoms with Crippen molar-refractivity contribution >= 4 is 10.1 Å². The maximum atomic E-state index is 11.2. The molecule has 0 bridgehead atoms. The smallest absolute Gasteiger partial charge is 0.294 e. The van der Waals surface area contributed by atoms with Gasteiger partial charge in [-0.2, -0.15) is 8.42 Å². The molecule has 2 atom stereocenters. The summed E-state index contributed by atoms with van der Waals surface area (Å²) in [4.78, 5) is -0.114. The minimum absolute atomic E-state index is 0.0490. The van der Waals surface area contributed by atoms with Gasteiger partial charge in [-0.3, -0.25) is 4.55 Å². The van der Waals surface area contributed by atoms with Gasteiger partial charge in [-0.25, -0.2) is 0 Å². The Balaban J connectivity index is 1.53. The first kappa shape index (κ1) is 17.9. The third-order valence-electron chi connectivity index (χ3n) is 4.25. The molecular weight excluding hydrogens is 342 g/mol. The van der Waals surface area contributed by atoms with Crippen LogP contribution >= 0.6 is 0 Å². The van der Waals surface area contributed by atoms with Gasteiger partial charge in [0, 0.05) is 13.1 Å². The molecule has 6 nitrogen and oxygen atoms in total. The van der Waals surface area contributed by atoms with E-state index in [1.165, 1.54) is 12.1 Å². The Morgan fingerprint density at radius 2 is 1.96 bits per heavy atom. The van der Waals surface area contributed by atoms with Crippen molar-refractivity contribution in [2.75, 3.05) is 13.1 Å². The molecule has 1 heterocycles. The van der Waals surface area contributed by atoms with Crippen molar-refractivity contribution in [1.29, 1.82) is 0 Å². The molecule has 3 rings (SSSR count). The van der Waals surface area contributed by atoms with Crippen LogP contribution < -0.4 is 10.1 Å². The molecule has 134 valence electrons. The molecule has 0 saturated carbocycles. The SMILES string of the molecule is O=S(=O)(O)c1ccc2c(c1)CCC(CNC[C@H](O)c1ccccc1)O2. The minimum Gasteiger partial charge on any atom is -0.489 e. The molecule has 1 unspecified atom stereocenters. The lowest BCUT2D eigenvalue weighted by Gasteiger charge is -2.27. The lowest BCUT2D eigenvalue weighted by Crippen LogP contribution is -2.36. The number of ether oxygens (including phenoxy) is 1. The van der Waals surface area contributed by atoms with Crippen molar-refractivity contribution < 1.29 is 22.8 Å². The molecule has 3 N–H and O–H groups in total. The van der Waals surface area contributed by atoms with Crippen LogP contribution in [0.15, 0.2) is 53.4 Å². The van der Waals surface area contributed by atoms with Gasteiger partial charge in [0.25, 0.3) is 10.1 Å². The first-order valence-corrected chi connectivity index (χ1v) is 9.58. The number of aryl methyl sites for hydroxylation is 1. The molecule has 0 radical (unpaired) electrons. The molecule has 1 aliphatic rings. The normalized spacial score (nSPS) is 18.2. The van der Waals surface area contributed by atoms with Crippen molar-refractivity contribution in [1.82, 2.24) is 5.32 Å². The van der Waals surface area contributed by atoms with Gasteiger partial charge >= 0.3 is 0 Å². The fourth-order valence-corrected chi connectivity index (χ4v) is 3.43. The number of benzene rings is 2. The Labute approximate surface area is 147 Å². The Bertz CT molecular complexity index is 823. The third-order valence-corrected chi connectivity index (χ3v) is 5.10. The van der Waals surface area contributed by atoms with Crippen LogP contribution in [0.4, 0.5) is 0 Å². The first-order valence-electron chi connectivity index (χ1n) is 8.14. The predicted octanol–water partition coefficient (Wildman–Crippen LogP) is 1.95. The number of fused-ring (bicyclic) bond motifs is 1. The summed E-state index contributed by atoms with van der Waals surface area (Å²) in [7, 11) is -4.20. The van der Waals surface area contributed by atoms with E-state index in [0.29, 0.717) is 25.3 Å². The number of hydrogen-bond acceptors (Lipinski definition) is 5. The highest BCUT2D eigenvalue weighted by molar-refractivity contribution is 7.85. The Hall–Kier alpha value is -1.93. The zero-order valence-electron chi connectivity index (χ0n) is 13.6. The summed E-state index contributed by atoms with van der Waals surface area (Å²) in [6.45, 7) is 1.02. The Morgan fingerprint density at radius 3 is 2.68 bits per heavy atom. The summed E-state index contributed by atoms with van der Waals surface area (Å²) in [5, 5.41) is 13.3. The van der Waals surface area contributed by atoms with Gasteiger partial charge in [0.15, 0.2) is 0 Å². The molecule has 2 aromatic rings.